The zero-order chi connectivity index (χ0) is 15.9. The number of benzene rings is 1. The van der Waals surface area contributed by atoms with Crippen LogP contribution in [0.2, 0.25) is 0 Å². The third-order valence-electron chi connectivity index (χ3n) is 3.85. The first kappa shape index (κ1) is 16.7. The number of hydrogen-bond donors (Lipinski definition) is 2. The maximum atomic E-state index is 12.5. The molecule has 2 unspecified atom stereocenters. The standard InChI is InChI=1S/C16H22F2N2O2/c1-2-13(20-15(21)10-11-6-5-9-19-11)12-7-3-4-8-14(12)22-16(17)18/h3-4,7-8,11,13,16,19H,2,5-6,9-10H2,1H3,(H,20,21). The second-order valence-electron chi connectivity index (χ2n) is 5.44. The van der Waals surface area contributed by atoms with Crippen molar-refractivity contribution in [2.45, 2.75) is 51.3 Å². The van der Waals surface area contributed by atoms with Crippen molar-refractivity contribution in [2.24, 2.45) is 0 Å². The zero-order valence-electron chi connectivity index (χ0n) is 12.6. The fourth-order valence-corrected chi connectivity index (χ4v) is 2.78. The van der Waals surface area contributed by atoms with E-state index in [9.17, 15) is 13.6 Å². The smallest absolute Gasteiger partial charge is 0.387 e. The first-order valence-corrected chi connectivity index (χ1v) is 7.66. The van der Waals surface area contributed by atoms with Crippen LogP contribution in [-0.4, -0.2) is 25.1 Å². The number of para-hydroxylation sites is 1. The highest BCUT2D eigenvalue weighted by Gasteiger charge is 2.22. The van der Waals surface area contributed by atoms with E-state index in [1.54, 1.807) is 18.2 Å². The molecular formula is C16H22F2N2O2. The lowest BCUT2D eigenvalue weighted by atomic mass is 10.0. The first-order chi connectivity index (χ1) is 10.6. The van der Waals surface area contributed by atoms with Gasteiger partial charge in [0.2, 0.25) is 5.91 Å². The number of ether oxygens (including phenoxy) is 1. The highest BCUT2D eigenvalue weighted by Crippen LogP contribution is 2.28. The summed E-state index contributed by atoms with van der Waals surface area (Å²) in [4.78, 5) is 12.1. The van der Waals surface area contributed by atoms with Gasteiger partial charge in [0.25, 0.3) is 0 Å². The molecule has 0 saturated carbocycles. The summed E-state index contributed by atoms with van der Waals surface area (Å²) in [5.41, 5.74) is 0.582. The van der Waals surface area contributed by atoms with Crippen molar-refractivity contribution in [2.75, 3.05) is 6.54 Å². The fraction of sp³-hybridized carbons (Fsp3) is 0.562. The number of carbonyl (C=O) groups excluding carboxylic acids is 1. The lowest BCUT2D eigenvalue weighted by molar-refractivity contribution is -0.122. The topological polar surface area (TPSA) is 50.4 Å². The summed E-state index contributed by atoms with van der Waals surface area (Å²) in [5, 5.41) is 6.19. The van der Waals surface area contributed by atoms with E-state index in [-0.39, 0.29) is 23.7 Å². The number of rotatable bonds is 7. The third kappa shape index (κ3) is 4.66. The molecule has 1 amide bonds. The Kier molecular flexibility index (Phi) is 6.12. The lowest BCUT2D eigenvalue weighted by Crippen LogP contribution is -2.34. The molecule has 6 heteroatoms. The molecular weight excluding hydrogens is 290 g/mol. The molecule has 1 aromatic rings. The minimum absolute atomic E-state index is 0.0712. The van der Waals surface area contributed by atoms with Gasteiger partial charge in [-0.1, -0.05) is 25.1 Å². The number of nitrogens with one attached hydrogen (secondary N) is 2. The van der Waals surface area contributed by atoms with Crippen LogP contribution in [0.25, 0.3) is 0 Å². The average molecular weight is 312 g/mol. The van der Waals surface area contributed by atoms with Gasteiger partial charge in [0.15, 0.2) is 0 Å². The van der Waals surface area contributed by atoms with Crippen LogP contribution >= 0.6 is 0 Å². The second kappa shape index (κ2) is 8.08. The Morgan fingerprint density at radius 1 is 1.45 bits per heavy atom. The Balaban J connectivity index is 2.02. The first-order valence-electron chi connectivity index (χ1n) is 7.66. The van der Waals surface area contributed by atoms with Crippen molar-refractivity contribution >= 4 is 5.91 Å². The van der Waals surface area contributed by atoms with Gasteiger partial charge in [-0.3, -0.25) is 4.79 Å². The van der Waals surface area contributed by atoms with E-state index in [1.165, 1.54) is 6.07 Å². The Labute approximate surface area is 129 Å². The fourth-order valence-electron chi connectivity index (χ4n) is 2.78. The molecule has 2 N–H and O–H groups in total. The summed E-state index contributed by atoms with van der Waals surface area (Å²) < 4.78 is 29.5. The van der Waals surface area contributed by atoms with Crippen LogP contribution in [0.15, 0.2) is 24.3 Å². The molecule has 1 aliphatic rings. The number of hydrogen-bond acceptors (Lipinski definition) is 3. The molecule has 1 aliphatic heterocycles. The molecule has 1 heterocycles. The Morgan fingerprint density at radius 2 is 2.23 bits per heavy atom. The molecule has 0 radical (unpaired) electrons. The minimum atomic E-state index is -2.88. The van der Waals surface area contributed by atoms with E-state index in [0.29, 0.717) is 18.4 Å². The van der Waals surface area contributed by atoms with Crippen LogP contribution in [0.1, 0.15) is 44.2 Å². The van der Waals surface area contributed by atoms with Gasteiger partial charge in [-0.05, 0) is 31.9 Å². The van der Waals surface area contributed by atoms with Crippen molar-refractivity contribution in [3.05, 3.63) is 29.8 Å². The van der Waals surface area contributed by atoms with E-state index < -0.39 is 6.61 Å². The summed E-state index contributed by atoms with van der Waals surface area (Å²) in [7, 11) is 0. The van der Waals surface area contributed by atoms with Crippen molar-refractivity contribution in [3.8, 4) is 5.75 Å². The number of alkyl halides is 2. The molecule has 0 aliphatic carbocycles. The molecule has 4 nitrogen and oxygen atoms in total. The maximum Gasteiger partial charge on any atom is 0.387 e. The molecule has 22 heavy (non-hydrogen) atoms. The molecule has 2 atom stereocenters. The van der Waals surface area contributed by atoms with Gasteiger partial charge in [-0.15, -0.1) is 0 Å². The van der Waals surface area contributed by atoms with Crippen molar-refractivity contribution in [3.63, 3.8) is 0 Å². The molecule has 1 fully saturated rings. The lowest BCUT2D eigenvalue weighted by Gasteiger charge is -2.21. The summed E-state index contributed by atoms with van der Waals surface area (Å²) in [5.74, 6) is 0.0433. The van der Waals surface area contributed by atoms with E-state index >= 15 is 0 Å². The average Bonchev–Trinajstić information content (AvgIpc) is 2.98. The molecule has 1 saturated heterocycles. The van der Waals surface area contributed by atoms with Crippen LogP contribution in [-0.2, 0) is 4.79 Å². The monoisotopic (exact) mass is 312 g/mol. The summed E-state index contributed by atoms with van der Waals surface area (Å²) in [6, 6.07) is 6.47. The largest absolute Gasteiger partial charge is 0.434 e. The van der Waals surface area contributed by atoms with Crippen LogP contribution in [0.3, 0.4) is 0 Å². The SMILES string of the molecule is CCC(NC(=O)CC1CCCN1)c1ccccc1OC(F)F. The predicted octanol–water partition coefficient (Wildman–Crippen LogP) is 3.00. The maximum absolute atomic E-state index is 12.5. The van der Waals surface area contributed by atoms with Gasteiger partial charge in [0.05, 0.1) is 6.04 Å². The Hall–Kier alpha value is -1.69. The van der Waals surface area contributed by atoms with Crippen LogP contribution in [0.5, 0.6) is 5.75 Å². The molecule has 2 rings (SSSR count). The Bertz CT molecular complexity index is 491. The predicted molar refractivity (Wildman–Crippen MR) is 79.9 cm³/mol. The van der Waals surface area contributed by atoms with Gasteiger partial charge in [0.1, 0.15) is 5.75 Å². The minimum Gasteiger partial charge on any atom is -0.434 e. The van der Waals surface area contributed by atoms with Crippen LogP contribution in [0, 0.1) is 0 Å². The van der Waals surface area contributed by atoms with Crippen molar-refractivity contribution in [1.29, 1.82) is 0 Å². The molecule has 122 valence electrons. The normalized spacial score (nSPS) is 19.2. The highest BCUT2D eigenvalue weighted by atomic mass is 19.3. The van der Waals surface area contributed by atoms with Crippen molar-refractivity contribution < 1.29 is 18.3 Å². The second-order valence-corrected chi connectivity index (χ2v) is 5.44. The van der Waals surface area contributed by atoms with E-state index in [1.807, 2.05) is 6.92 Å². The van der Waals surface area contributed by atoms with Gasteiger partial charge in [-0.2, -0.15) is 8.78 Å². The highest BCUT2D eigenvalue weighted by molar-refractivity contribution is 5.77. The third-order valence-corrected chi connectivity index (χ3v) is 3.85. The summed E-state index contributed by atoms with van der Waals surface area (Å²) >= 11 is 0. The molecule has 0 spiro atoms. The van der Waals surface area contributed by atoms with Crippen LogP contribution in [0.4, 0.5) is 8.78 Å². The van der Waals surface area contributed by atoms with Crippen molar-refractivity contribution in [1.82, 2.24) is 10.6 Å². The van der Waals surface area contributed by atoms with E-state index in [4.69, 9.17) is 0 Å². The van der Waals surface area contributed by atoms with Crippen LogP contribution < -0.4 is 15.4 Å². The van der Waals surface area contributed by atoms with Gasteiger partial charge in [-0.25, -0.2) is 0 Å². The summed E-state index contributed by atoms with van der Waals surface area (Å²) in [6.07, 6.45) is 3.09. The summed E-state index contributed by atoms with van der Waals surface area (Å²) in [6.45, 7) is -0.0324. The van der Waals surface area contributed by atoms with Gasteiger partial charge < -0.3 is 15.4 Å². The number of amides is 1. The molecule has 1 aromatic carbocycles. The van der Waals surface area contributed by atoms with Gasteiger partial charge >= 0.3 is 6.61 Å². The van der Waals surface area contributed by atoms with Gasteiger partial charge in [0, 0.05) is 18.0 Å². The quantitative estimate of drug-likeness (QED) is 0.814. The zero-order valence-corrected chi connectivity index (χ0v) is 12.6. The molecule has 0 bridgehead atoms. The Morgan fingerprint density at radius 3 is 2.86 bits per heavy atom. The number of carbonyl (C=O) groups is 1. The molecule has 0 aromatic heterocycles. The number of halogens is 2. The van der Waals surface area contributed by atoms with E-state index in [2.05, 4.69) is 15.4 Å². The van der Waals surface area contributed by atoms with E-state index in [0.717, 1.165) is 19.4 Å².